The van der Waals surface area contributed by atoms with Gasteiger partial charge in [-0.15, -0.1) is 12.4 Å². The highest BCUT2D eigenvalue weighted by Gasteiger charge is 2.05. The second kappa shape index (κ2) is 7.01. The average molecular weight is 284 g/mol. The number of ether oxygens (including phenoxy) is 2. The van der Waals surface area contributed by atoms with Crippen LogP contribution in [-0.2, 0) is 13.1 Å². The summed E-state index contributed by atoms with van der Waals surface area (Å²) in [5, 5.41) is 4.34. The Morgan fingerprint density at radius 2 is 1.89 bits per heavy atom. The van der Waals surface area contributed by atoms with Gasteiger partial charge in [0.05, 0.1) is 26.5 Å². The zero-order chi connectivity index (χ0) is 13.0. The number of rotatable bonds is 5. The molecule has 0 unspecified atom stereocenters. The van der Waals surface area contributed by atoms with Crippen LogP contribution in [0.5, 0.6) is 11.5 Å². The van der Waals surface area contributed by atoms with Gasteiger partial charge in [-0.3, -0.25) is 4.68 Å². The van der Waals surface area contributed by atoms with Gasteiger partial charge in [-0.2, -0.15) is 5.10 Å². The first-order chi connectivity index (χ1) is 8.76. The number of hydrogen-bond donors (Lipinski definition) is 1. The molecular formula is C13H18ClN3O2. The smallest absolute Gasteiger partial charge is 0.161 e. The second-order valence-corrected chi connectivity index (χ2v) is 3.90. The molecule has 2 N–H and O–H groups in total. The molecule has 0 saturated heterocycles. The minimum Gasteiger partial charge on any atom is -0.493 e. The van der Waals surface area contributed by atoms with Crippen molar-refractivity contribution in [3.8, 4) is 11.5 Å². The molecule has 0 spiro atoms. The molecule has 1 aromatic carbocycles. The van der Waals surface area contributed by atoms with Gasteiger partial charge in [-0.05, 0) is 23.8 Å². The summed E-state index contributed by atoms with van der Waals surface area (Å²) in [4.78, 5) is 0. The summed E-state index contributed by atoms with van der Waals surface area (Å²) in [6.45, 7) is 1.14. The van der Waals surface area contributed by atoms with Gasteiger partial charge in [0.25, 0.3) is 0 Å². The van der Waals surface area contributed by atoms with E-state index in [1.807, 2.05) is 35.1 Å². The zero-order valence-corrected chi connectivity index (χ0v) is 11.8. The molecule has 0 atom stereocenters. The Labute approximate surface area is 118 Å². The number of nitrogens with zero attached hydrogens (tertiary/aromatic N) is 2. The fourth-order valence-electron chi connectivity index (χ4n) is 1.77. The SMILES string of the molecule is COc1ccc(Cn2ccc(CN)n2)cc1OC.Cl. The van der Waals surface area contributed by atoms with Gasteiger partial charge in [0, 0.05) is 12.7 Å². The maximum Gasteiger partial charge on any atom is 0.161 e. The van der Waals surface area contributed by atoms with Gasteiger partial charge < -0.3 is 15.2 Å². The van der Waals surface area contributed by atoms with Crippen molar-refractivity contribution < 1.29 is 9.47 Å². The molecule has 0 aliphatic rings. The molecule has 0 amide bonds. The van der Waals surface area contributed by atoms with E-state index in [1.54, 1.807) is 14.2 Å². The summed E-state index contributed by atoms with van der Waals surface area (Å²) in [6, 6.07) is 7.75. The Morgan fingerprint density at radius 1 is 1.16 bits per heavy atom. The molecule has 2 rings (SSSR count). The molecule has 0 bridgehead atoms. The number of nitrogens with two attached hydrogens (primary N) is 1. The van der Waals surface area contributed by atoms with Crippen LogP contribution in [0.1, 0.15) is 11.3 Å². The first-order valence-corrected chi connectivity index (χ1v) is 5.70. The normalized spacial score (nSPS) is 9.84. The molecule has 0 saturated carbocycles. The van der Waals surface area contributed by atoms with Crippen LogP contribution in [0, 0.1) is 0 Å². The van der Waals surface area contributed by atoms with Crippen molar-refractivity contribution in [2.24, 2.45) is 5.73 Å². The van der Waals surface area contributed by atoms with Crippen molar-refractivity contribution in [2.75, 3.05) is 14.2 Å². The van der Waals surface area contributed by atoms with Gasteiger partial charge in [0.15, 0.2) is 11.5 Å². The molecular weight excluding hydrogens is 266 g/mol. The van der Waals surface area contributed by atoms with Crippen LogP contribution in [0.15, 0.2) is 30.5 Å². The van der Waals surface area contributed by atoms with Crippen LogP contribution in [0.3, 0.4) is 0 Å². The molecule has 0 radical (unpaired) electrons. The van der Waals surface area contributed by atoms with E-state index in [0.717, 1.165) is 22.8 Å². The summed E-state index contributed by atoms with van der Waals surface area (Å²) in [6.07, 6.45) is 1.92. The monoisotopic (exact) mass is 283 g/mol. The van der Waals surface area contributed by atoms with E-state index in [9.17, 15) is 0 Å². The van der Waals surface area contributed by atoms with Crippen molar-refractivity contribution in [1.29, 1.82) is 0 Å². The predicted molar refractivity (Wildman–Crippen MR) is 76.0 cm³/mol. The fourth-order valence-corrected chi connectivity index (χ4v) is 1.77. The number of benzene rings is 1. The van der Waals surface area contributed by atoms with Crippen LogP contribution in [0.4, 0.5) is 0 Å². The van der Waals surface area contributed by atoms with Gasteiger partial charge in [0.1, 0.15) is 0 Å². The molecule has 104 valence electrons. The maximum atomic E-state index is 5.53. The molecule has 2 aromatic rings. The highest BCUT2D eigenvalue weighted by molar-refractivity contribution is 5.85. The highest BCUT2D eigenvalue weighted by atomic mass is 35.5. The van der Waals surface area contributed by atoms with E-state index in [-0.39, 0.29) is 12.4 Å². The Bertz CT molecular complexity index is 528. The van der Waals surface area contributed by atoms with E-state index in [4.69, 9.17) is 15.2 Å². The molecule has 0 fully saturated rings. The van der Waals surface area contributed by atoms with E-state index >= 15 is 0 Å². The topological polar surface area (TPSA) is 62.3 Å². The van der Waals surface area contributed by atoms with E-state index < -0.39 is 0 Å². The van der Waals surface area contributed by atoms with Crippen LogP contribution in [-0.4, -0.2) is 24.0 Å². The summed E-state index contributed by atoms with van der Waals surface area (Å²) in [5.41, 5.74) is 7.51. The van der Waals surface area contributed by atoms with Crippen molar-refractivity contribution in [3.63, 3.8) is 0 Å². The van der Waals surface area contributed by atoms with Crippen LogP contribution in [0.25, 0.3) is 0 Å². The minimum absolute atomic E-state index is 0. The number of aromatic nitrogens is 2. The van der Waals surface area contributed by atoms with E-state index in [0.29, 0.717) is 13.1 Å². The molecule has 5 nitrogen and oxygen atoms in total. The van der Waals surface area contributed by atoms with Crippen LogP contribution < -0.4 is 15.2 Å². The van der Waals surface area contributed by atoms with Gasteiger partial charge >= 0.3 is 0 Å². The van der Waals surface area contributed by atoms with Gasteiger partial charge in [-0.25, -0.2) is 0 Å². The third kappa shape index (κ3) is 3.62. The Balaban J connectivity index is 0.00000180. The summed E-state index contributed by atoms with van der Waals surface area (Å²) in [7, 11) is 3.25. The molecule has 0 aliphatic heterocycles. The second-order valence-electron chi connectivity index (χ2n) is 3.90. The predicted octanol–water partition coefficient (Wildman–Crippen LogP) is 1.83. The molecule has 0 aliphatic carbocycles. The molecule has 19 heavy (non-hydrogen) atoms. The Morgan fingerprint density at radius 3 is 2.47 bits per heavy atom. The average Bonchev–Trinajstić information content (AvgIpc) is 2.86. The van der Waals surface area contributed by atoms with Crippen molar-refractivity contribution >= 4 is 12.4 Å². The highest BCUT2D eigenvalue weighted by Crippen LogP contribution is 2.27. The largest absolute Gasteiger partial charge is 0.493 e. The van der Waals surface area contributed by atoms with Crippen molar-refractivity contribution in [2.45, 2.75) is 13.1 Å². The van der Waals surface area contributed by atoms with Crippen molar-refractivity contribution in [1.82, 2.24) is 9.78 Å². The van der Waals surface area contributed by atoms with Crippen LogP contribution in [0.2, 0.25) is 0 Å². The lowest BCUT2D eigenvalue weighted by Gasteiger charge is -2.09. The standard InChI is InChI=1S/C13H17N3O2.ClH/c1-17-12-4-3-10(7-13(12)18-2)9-16-6-5-11(8-14)15-16;/h3-7H,8-9,14H2,1-2H3;1H. The molecule has 6 heteroatoms. The van der Waals surface area contributed by atoms with E-state index in [1.165, 1.54) is 0 Å². The lowest BCUT2D eigenvalue weighted by molar-refractivity contribution is 0.354. The Hall–Kier alpha value is -1.72. The lowest BCUT2D eigenvalue weighted by Crippen LogP contribution is -2.03. The first-order valence-electron chi connectivity index (χ1n) is 5.70. The van der Waals surface area contributed by atoms with Crippen molar-refractivity contribution in [3.05, 3.63) is 41.7 Å². The Kier molecular flexibility index (Phi) is 5.66. The molecule has 1 aromatic heterocycles. The minimum atomic E-state index is 0. The maximum absolute atomic E-state index is 5.53. The number of methoxy groups -OCH3 is 2. The molecule has 1 heterocycles. The van der Waals surface area contributed by atoms with E-state index in [2.05, 4.69) is 5.10 Å². The summed E-state index contributed by atoms with van der Waals surface area (Å²) < 4.78 is 12.3. The first kappa shape index (κ1) is 15.3. The third-order valence-corrected chi connectivity index (χ3v) is 2.70. The summed E-state index contributed by atoms with van der Waals surface area (Å²) >= 11 is 0. The zero-order valence-electron chi connectivity index (χ0n) is 11.0. The van der Waals surface area contributed by atoms with Gasteiger partial charge in [0.2, 0.25) is 0 Å². The number of halogens is 1. The van der Waals surface area contributed by atoms with Crippen LogP contribution >= 0.6 is 12.4 Å². The third-order valence-electron chi connectivity index (χ3n) is 2.70. The van der Waals surface area contributed by atoms with Gasteiger partial charge in [-0.1, -0.05) is 6.07 Å². The quantitative estimate of drug-likeness (QED) is 0.909. The lowest BCUT2D eigenvalue weighted by atomic mass is 10.2. The fraction of sp³-hybridized carbons (Fsp3) is 0.308. The summed E-state index contributed by atoms with van der Waals surface area (Å²) in [5.74, 6) is 1.45. The number of hydrogen-bond acceptors (Lipinski definition) is 4.